The van der Waals surface area contributed by atoms with Gasteiger partial charge in [0.1, 0.15) is 0 Å². The van der Waals surface area contributed by atoms with Crippen molar-refractivity contribution in [3.05, 3.63) is 29.3 Å². The van der Waals surface area contributed by atoms with E-state index >= 15 is 0 Å². The van der Waals surface area contributed by atoms with Crippen LogP contribution in [0.3, 0.4) is 0 Å². The van der Waals surface area contributed by atoms with Gasteiger partial charge in [-0.1, -0.05) is 25.5 Å². The van der Waals surface area contributed by atoms with Crippen molar-refractivity contribution in [1.82, 2.24) is 5.32 Å². The number of carbonyl (C=O) groups excluding carboxylic acids is 1. The minimum absolute atomic E-state index is 0.0742. The number of hydrogen-bond acceptors (Lipinski definition) is 2. The molecule has 16 heavy (non-hydrogen) atoms. The Morgan fingerprint density at radius 3 is 2.56 bits per heavy atom. The first kappa shape index (κ1) is 12.6. The lowest BCUT2D eigenvalue weighted by atomic mass is 10.1. The predicted octanol–water partition coefficient (Wildman–Crippen LogP) is 2.50. The lowest BCUT2D eigenvalue weighted by Gasteiger charge is -2.15. The number of aryl methyl sites for hydroxylation is 1. The van der Waals surface area contributed by atoms with Crippen LogP contribution in [0.15, 0.2) is 18.2 Å². The molecule has 1 aromatic carbocycles. The molecule has 1 aromatic rings. The van der Waals surface area contributed by atoms with E-state index in [0.717, 1.165) is 18.4 Å². The highest BCUT2D eigenvalue weighted by molar-refractivity contribution is 5.99. The quantitative estimate of drug-likeness (QED) is 0.766. The molecule has 0 fully saturated rings. The van der Waals surface area contributed by atoms with Crippen molar-refractivity contribution in [2.24, 2.45) is 0 Å². The molecular formula is C13H20N2O. The summed E-state index contributed by atoms with van der Waals surface area (Å²) in [6.07, 6.45) is 1.88. The summed E-state index contributed by atoms with van der Waals surface area (Å²) >= 11 is 0. The molecule has 0 aliphatic heterocycles. The average molecular weight is 220 g/mol. The Morgan fingerprint density at radius 1 is 1.38 bits per heavy atom. The minimum atomic E-state index is -0.0742. The first-order valence-corrected chi connectivity index (χ1v) is 5.75. The van der Waals surface area contributed by atoms with Crippen molar-refractivity contribution in [2.75, 3.05) is 5.73 Å². The fraction of sp³-hybridized carbons (Fsp3) is 0.462. The highest BCUT2D eigenvalue weighted by Gasteiger charge is 2.13. The molecule has 0 spiro atoms. The van der Waals surface area contributed by atoms with E-state index in [-0.39, 0.29) is 11.9 Å². The van der Waals surface area contributed by atoms with Gasteiger partial charge in [0.05, 0.1) is 5.56 Å². The maximum absolute atomic E-state index is 12.0. The molecule has 0 saturated heterocycles. The second kappa shape index (κ2) is 5.54. The van der Waals surface area contributed by atoms with Gasteiger partial charge in [-0.05, 0) is 31.9 Å². The van der Waals surface area contributed by atoms with Gasteiger partial charge in [-0.15, -0.1) is 0 Å². The number of anilines is 1. The van der Waals surface area contributed by atoms with Gasteiger partial charge in [0.15, 0.2) is 0 Å². The topological polar surface area (TPSA) is 55.1 Å². The molecule has 0 bridgehead atoms. The third kappa shape index (κ3) is 2.99. The minimum Gasteiger partial charge on any atom is -0.398 e. The van der Waals surface area contributed by atoms with Gasteiger partial charge in [0, 0.05) is 11.7 Å². The molecule has 0 heterocycles. The summed E-state index contributed by atoms with van der Waals surface area (Å²) in [5, 5.41) is 2.98. The number of nitrogens with one attached hydrogen (secondary N) is 1. The first-order valence-electron chi connectivity index (χ1n) is 5.75. The molecule has 0 radical (unpaired) electrons. The number of hydrogen-bond donors (Lipinski definition) is 2. The summed E-state index contributed by atoms with van der Waals surface area (Å²) in [6, 6.07) is 5.74. The summed E-state index contributed by atoms with van der Waals surface area (Å²) in [5.41, 5.74) is 7.95. The number of rotatable bonds is 4. The molecule has 3 nitrogen and oxygen atoms in total. The van der Waals surface area contributed by atoms with Crippen LogP contribution >= 0.6 is 0 Å². The Bertz CT molecular complexity index is 370. The summed E-state index contributed by atoms with van der Waals surface area (Å²) < 4.78 is 0. The van der Waals surface area contributed by atoms with Crippen molar-refractivity contribution >= 4 is 11.6 Å². The van der Waals surface area contributed by atoms with Crippen LogP contribution in [0.25, 0.3) is 0 Å². The van der Waals surface area contributed by atoms with Crippen molar-refractivity contribution in [1.29, 1.82) is 0 Å². The van der Waals surface area contributed by atoms with E-state index in [2.05, 4.69) is 19.2 Å². The molecule has 0 aromatic heterocycles. The summed E-state index contributed by atoms with van der Waals surface area (Å²) in [7, 11) is 0. The van der Waals surface area contributed by atoms with E-state index in [0.29, 0.717) is 11.3 Å². The molecule has 0 aliphatic rings. The van der Waals surface area contributed by atoms with Gasteiger partial charge < -0.3 is 11.1 Å². The Labute approximate surface area is 97.0 Å². The Morgan fingerprint density at radius 2 is 2.00 bits per heavy atom. The fourth-order valence-corrected chi connectivity index (χ4v) is 1.62. The molecule has 3 N–H and O–H groups in total. The molecule has 3 heteroatoms. The summed E-state index contributed by atoms with van der Waals surface area (Å²) in [5.74, 6) is -0.0742. The Kier molecular flexibility index (Phi) is 4.35. The highest BCUT2D eigenvalue weighted by Crippen LogP contribution is 2.14. The number of amides is 1. The number of nitrogens with two attached hydrogens (primary N) is 1. The lowest BCUT2D eigenvalue weighted by Crippen LogP contribution is -2.34. The van der Waals surface area contributed by atoms with Crippen molar-refractivity contribution in [3.8, 4) is 0 Å². The van der Waals surface area contributed by atoms with Gasteiger partial charge in [0.25, 0.3) is 5.91 Å². The van der Waals surface area contributed by atoms with Crippen LogP contribution < -0.4 is 11.1 Å². The molecule has 0 atom stereocenters. The van der Waals surface area contributed by atoms with E-state index in [1.807, 2.05) is 19.1 Å². The van der Waals surface area contributed by atoms with Crippen LogP contribution in [-0.2, 0) is 0 Å². The van der Waals surface area contributed by atoms with E-state index in [9.17, 15) is 4.79 Å². The van der Waals surface area contributed by atoms with Crippen molar-refractivity contribution in [3.63, 3.8) is 0 Å². The molecule has 1 rings (SSSR count). The highest BCUT2D eigenvalue weighted by atomic mass is 16.1. The van der Waals surface area contributed by atoms with Crippen molar-refractivity contribution in [2.45, 2.75) is 39.7 Å². The van der Waals surface area contributed by atoms with Gasteiger partial charge in [0.2, 0.25) is 0 Å². The van der Waals surface area contributed by atoms with Crippen LogP contribution in [0.1, 0.15) is 42.6 Å². The zero-order chi connectivity index (χ0) is 12.1. The van der Waals surface area contributed by atoms with E-state index in [1.54, 1.807) is 6.07 Å². The zero-order valence-corrected chi connectivity index (χ0v) is 10.2. The van der Waals surface area contributed by atoms with E-state index in [1.165, 1.54) is 0 Å². The summed E-state index contributed by atoms with van der Waals surface area (Å²) in [4.78, 5) is 12.0. The lowest BCUT2D eigenvalue weighted by molar-refractivity contribution is 0.0935. The normalized spacial score (nSPS) is 10.5. The number of nitrogen functional groups attached to an aromatic ring is 1. The van der Waals surface area contributed by atoms with Crippen LogP contribution in [0.2, 0.25) is 0 Å². The molecular weight excluding hydrogens is 200 g/mol. The Hall–Kier alpha value is -1.51. The maximum atomic E-state index is 12.0. The molecule has 0 unspecified atom stereocenters. The predicted molar refractivity (Wildman–Crippen MR) is 67.4 cm³/mol. The monoisotopic (exact) mass is 220 g/mol. The fourth-order valence-electron chi connectivity index (χ4n) is 1.62. The van der Waals surface area contributed by atoms with Crippen LogP contribution in [0.5, 0.6) is 0 Å². The summed E-state index contributed by atoms with van der Waals surface area (Å²) in [6.45, 7) is 6.08. The second-order valence-corrected chi connectivity index (χ2v) is 4.08. The zero-order valence-electron chi connectivity index (χ0n) is 10.2. The SMILES string of the molecule is CCC(CC)NC(=O)c1cc(C)ccc1N. The Balaban J connectivity index is 2.83. The standard InChI is InChI=1S/C13H20N2O/c1-4-10(5-2)15-13(16)11-8-9(3)6-7-12(11)14/h6-8,10H,4-5,14H2,1-3H3,(H,15,16). The van der Waals surface area contributed by atoms with E-state index < -0.39 is 0 Å². The third-order valence-electron chi connectivity index (χ3n) is 2.77. The van der Waals surface area contributed by atoms with Crippen LogP contribution in [0, 0.1) is 6.92 Å². The first-order chi connectivity index (χ1) is 7.58. The van der Waals surface area contributed by atoms with Crippen molar-refractivity contribution < 1.29 is 4.79 Å². The van der Waals surface area contributed by atoms with Crippen LogP contribution in [-0.4, -0.2) is 11.9 Å². The molecule has 88 valence electrons. The van der Waals surface area contributed by atoms with Gasteiger partial charge >= 0.3 is 0 Å². The number of benzene rings is 1. The smallest absolute Gasteiger partial charge is 0.253 e. The van der Waals surface area contributed by atoms with E-state index in [4.69, 9.17) is 5.73 Å². The number of carbonyl (C=O) groups is 1. The third-order valence-corrected chi connectivity index (χ3v) is 2.77. The van der Waals surface area contributed by atoms with Crippen LogP contribution in [0.4, 0.5) is 5.69 Å². The molecule has 1 amide bonds. The molecule has 0 aliphatic carbocycles. The van der Waals surface area contributed by atoms with Gasteiger partial charge in [-0.25, -0.2) is 0 Å². The average Bonchev–Trinajstić information content (AvgIpc) is 2.28. The van der Waals surface area contributed by atoms with Gasteiger partial charge in [-0.3, -0.25) is 4.79 Å². The van der Waals surface area contributed by atoms with Gasteiger partial charge in [-0.2, -0.15) is 0 Å². The largest absolute Gasteiger partial charge is 0.398 e. The second-order valence-electron chi connectivity index (χ2n) is 4.08. The molecule has 0 saturated carbocycles. The maximum Gasteiger partial charge on any atom is 0.253 e.